The Labute approximate surface area is 106 Å². The van der Waals surface area contributed by atoms with Gasteiger partial charge < -0.3 is 10.2 Å². The van der Waals surface area contributed by atoms with E-state index in [-0.39, 0.29) is 0 Å². The molecule has 0 saturated carbocycles. The van der Waals surface area contributed by atoms with Crippen LogP contribution in [0.1, 0.15) is 0 Å². The molecule has 2 heterocycles. The van der Waals surface area contributed by atoms with Crippen LogP contribution in [0.5, 0.6) is 0 Å². The van der Waals surface area contributed by atoms with E-state index in [1.165, 1.54) is 18.3 Å². The quantitative estimate of drug-likeness (QED) is 0.848. The Morgan fingerprint density at radius 2 is 1.61 bits per heavy atom. The first-order chi connectivity index (χ1) is 8.93. The third kappa shape index (κ3) is 2.31. The van der Waals surface area contributed by atoms with Crippen molar-refractivity contribution in [2.45, 2.75) is 0 Å². The molecule has 5 heteroatoms. The van der Waals surface area contributed by atoms with Gasteiger partial charge in [-0.25, -0.2) is 15.0 Å². The van der Waals surface area contributed by atoms with Crippen LogP contribution in [-0.4, -0.2) is 41.1 Å². The zero-order valence-electron chi connectivity index (χ0n) is 10.1. The van der Waals surface area contributed by atoms with Gasteiger partial charge in [-0.1, -0.05) is 0 Å². The number of hydrogen-bond donors (Lipinski definition) is 1. The zero-order valence-corrected chi connectivity index (χ0v) is 10.1. The summed E-state index contributed by atoms with van der Waals surface area (Å²) in [4.78, 5) is 14.5. The number of benzene rings is 1. The third-order valence-corrected chi connectivity index (χ3v) is 3.10. The number of rotatable bonds is 2. The highest BCUT2D eigenvalue weighted by atomic mass is 15.2. The van der Waals surface area contributed by atoms with E-state index in [4.69, 9.17) is 0 Å². The van der Waals surface area contributed by atoms with Crippen molar-refractivity contribution in [2.75, 3.05) is 31.1 Å². The van der Waals surface area contributed by atoms with Crippen LogP contribution in [0.15, 0.2) is 36.9 Å². The minimum Gasteiger partial charge on any atom is -0.369 e. The molecule has 1 N–H and O–H groups in total. The second kappa shape index (κ2) is 5.10. The minimum absolute atomic E-state index is 0.719. The van der Waals surface area contributed by atoms with Gasteiger partial charge in [0.1, 0.15) is 12.7 Å². The molecule has 18 heavy (non-hydrogen) atoms. The van der Waals surface area contributed by atoms with Crippen LogP contribution in [0.2, 0.25) is 0 Å². The normalized spacial score (nSPS) is 15.7. The number of anilines is 1. The van der Waals surface area contributed by atoms with Gasteiger partial charge in [0, 0.05) is 37.4 Å². The van der Waals surface area contributed by atoms with Gasteiger partial charge in [0.15, 0.2) is 5.82 Å². The molecular formula is C13H15N5. The van der Waals surface area contributed by atoms with Crippen molar-refractivity contribution in [3.8, 4) is 11.4 Å². The topological polar surface area (TPSA) is 53.9 Å². The fraction of sp³-hybridized carbons (Fsp3) is 0.308. The number of piperazine rings is 1. The van der Waals surface area contributed by atoms with Crippen LogP contribution in [-0.2, 0) is 0 Å². The maximum atomic E-state index is 4.15. The van der Waals surface area contributed by atoms with Crippen LogP contribution in [0.3, 0.4) is 0 Å². The maximum Gasteiger partial charge on any atom is 0.162 e. The molecule has 3 rings (SSSR count). The molecule has 0 unspecified atom stereocenters. The first-order valence-corrected chi connectivity index (χ1v) is 6.11. The molecule has 0 bridgehead atoms. The van der Waals surface area contributed by atoms with Crippen molar-refractivity contribution < 1.29 is 0 Å². The molecule has 0 aliphatic carbocycles. The highest BCUT2D eigenvalue weighted by Crippen LogP contribution is 2.20. The minimum atomic E-state index is 0.719. The van der Waals surface area contributed by atoms with E-state index in [0.29, 0.717) is 0 Å². The zero-order chi connectivity index (χ0) is 12.2. The molecule has 2 aromatic rings. The van der Waals surface area contributed by atoms with Gasteiger partial charge >= 0.3 is 0 Å². The van der Waals surface area contributed by atoms with Crippen molar-refractivity contribution in [3.63, 3.8) is 0 Å². The van der Waals surface area contributed by atoms with E-state index in [1.54, 1.807) is 0 Å². The number of aromatic nitrogens is 3. The largest absolute Gasteiger partial charge is 0.369 e. The average molecular weight is 241 g/mol. The van der Waals surface area contributed by atoms with Crippen LogP contribution in [0.25, 0.3) is 11.4 Å². The van der Waals surface area contributed by atoms with Crippen LogP contribution in [0, 0.1) is 0 Å². The van der Waals surface area contributed by atoms with Crippen molar-refractivity contribution in [1.82, 2.24) is 20.3 Å². The summed E-state index contributed by atoms with van der Waals surface area (Å²) in [5.74, 6) is 0.719. The first-order valence-electron chi connectivity index (χ1n) is 6.11. The Morgan fingerprint density at radius 1 is 0.944 bits per heavy atom. The van der Waals surface area contributed by atoms with Crippen molar-refractivity contribution in [1.29, 1.82) is 0 Å². The molecule has 0 radical (unpaired) electrons. The van der Waals surface area contributed by atoms with Crippen LogP contribution >= 0.6 is 0 Å². The van der Waals surface area contributed by atoms with Gasteiger partial charge in [-0.2, -0.15) is 0 Å². The molecule has 0 amide bonds. The summed E-state index contributed by atoms with van der Waals surface area (Å²) in [6.07, 6.45) is 3.04. The van der Waals surface area contributed by atoms with Gasteiger partial charge in [0.25, 0.3) is 0 Å². The van der Waals surface area contributed by atoms with Gasteiger partial charge in [0.2, 0.25) is 0 Å². The monoisotopic (exact) mass is 241 g/mol. The molecule has 92 valence electrons. The van der Waals surface area contributed by atoms with Gasteiger partial charge in [-0.05, 0) is 24.3 Å². The van der Waals surface area contributed by atoms with Crippen molar-refractivity contribution in [2.24, 2.45) is 0 Å². The molecule has 1 aliphatic rings. The van der Waals surface area contributed by atoms with Gasteiger partial charge in [-0.3, -0.25) is 0 Å². The predicted octanol–water partition coefficient (Wildman–Crippen LogP) is 0.948. The van der Waals surface area contributed by atoms with Crippen molar-refractivity contribution in [3.05, 3.63) is 36.9 Å². The lowest BCUT2D eigenvalue weighted by molar-refractivity contribution is 0.589. The Morgan fingerprint density at radius 3 is 2.28 bits per heavy atom. The molecule has 5 nitrogen and oxygen atoms in total. The second-order valence-corrected chi connectivity index (χ2v) is 4.25. The molecular weight excluding hydrogens is 226 g/mol. The predicted molar refractivity (Wildman–Crippen MR) is 70.3 cm³/mol. The highest BCUT2D eigenvalue weighted by Gasteiger charge is 2.10. The summed E-state index contributed by atoms with van der Waals surface area (Å²) in [7, 11) is 0. The van der Waals surface area contributed by atoms with E-state index in [9.17, 15) is 0 Å². The fourth-order valence-corrected chi connectivity index (χ4v) is 2.13. The summed E-state index contributed by atoms with van der Waals surface area (Å²) in [5, 5.41) is 3.35. The molecule has 1 fully saturated rings. The van der Waals surface area contributed by atoms with E-state index in [1.807, 2.05) is 0 Å². The van der Waals surface area contributed by atoms with Crippen molar-refractivity contribution >= 4 is 5.69 Å². The molecule has 0 spiro atoms. The molecule has 1 aliphatic heterocycles. The van der Waals surface area contributed by atoms with E-state index in [0.717, 1.165) is 37.6 Å². The average Bonchev–Trinajstić information content (AvgIpc) is 2.49. The lowest BCUT2D eigenvalue weighted by Crippen LogP contribution is -2.43. The molecule has 1 aromatic heterocycles. The van der Waals surface area contributed by atoms with E-state index in [2.05, 4.69) is 49.4 Å². The Bertz CT molecular complexity index is 491. The molecule has 0 atom stereocenters. The Balaban J connectivity index is 1.80. The molecule has 1 saturated heterocycles. The van der Waals surface area contributed by atoms with E-state index >= 15 is 0 Å². The number of hydrogen-bond acceptors (Lipinski definition) is 5. The summed E-state index contributed by atoms with van der Waals surface area (Å²) in [6.45, 7) is 4.22. The van der Waals surface area contributed by atoms with Gasteiger partial charge in [0.05, 0.1) is 0 Å². The summed E-state index contributed by atoms with van der Waals surface area (Å²) >= 11 is 0. The standard InChI is InChI=1S/C13H15N5/c1-3-12(18-7-5-14-6-8-18)4-2-11(1)13-16-9-15-10-17-13/h1-4,9-10,14H,5-8H2. The van der Waals surface area contributed by atoms with Gasteiger partial charge in [-0.15, -0.1) is 0 Å². The number of nitrogens with zero attached hydrogens (tertiary/aromatic N) is 4. The third-order valence-electron chi connectivity index (χ3n) is 3.10. The lowest BCUT2D eigenvalue weighted by Gasteiger charge is -2.29. The molecule has 1 aromatic carbocycles. The Kier molecular flexibility index (Phi) is 3.14. The van der Waals surface area contributed by atoms with Crippen LogP contribution < -0.4 is 10.2 Å². The first kappa shape index (κ1) is 11.1. The second-order valence-electron chi connectivity index (χ2n) is 4.25. The smallest absolute Gasteiger partial charge is 0.162 e. The van der Waals surface area contributed by atoms with E-state index < -0.39 is 0 Å². The summed E-state index contributed by atoms with van der Waals surface area (Å²) < 4.78 is 0. The fourth-order valence-electron chi connectivity index (χ4n) is 2.13. The van der Waals surface area contributed by atoms with Crippen LogP contribution in [0.4, 0.5) is 5.69 Å². The SMILES string of the molecule is c1ncnc(-c2ccc(N3CCNCC3)cc2)n1. The lowest BCUT2D eigenvalue weighted by atomic mass is 10.1. The summed E-state index contributed by atoms with van der Waals surface area (Å²) in [6, 6.07) is 8.38. The highest BCUT2D eigenvalue weighted by molar-refractivity contribution is 5.60. The maximum absolute atomic E-state index is 4.15. The number of nitrogens with one attached hydrogen (secondary N) is 1. The Hall–Kier alpha value is -2.01. The summed E-state index contributed by atoms with van der Waals surface area (Å²) in [5.41, 5.74) is 2.28.